The molecule has 0 aliphatic carbocycles. The molecule has 0 spiro atoms. The standard InChI is InChI=1S/C10H14.4C2H6/c1-4-10-7-8(2)5-6-9(10)3;4*1-2/h5-7H,4H2,1-3H3;4*1-2H3. The van der Waals surface area contributed by atoms with Gasteiger partial charge in [0.25, 0.3) is 0 Å². The van der Waals surface area contributed by atoms with Crippen LogP contribution in [0.4, 0.5) is 0 Å². The van der Waals surface area contributed by atoms with E-state index in [0.717, 1.165) is 6.42 Å². The van der Waals surface area contributed by atoms with Gasteiger partial charge in [0, 0.05) is 0 Å². The average molecular weight is 255 g/mol. The molecule has 110 valence electrons. The van der Waals surface area contributed by atoms with E-state index in [0.29, 0.717) is 0 Å². The fourth-order valence-corrected chi connectivity index (χ4v) is 1.18. The monoisotopic (exact) mass is 254 g/mol. The fraction of sp³-hybridized carbons (Fsp3) is 0.667. The maximum atomic E-state index is 2.26. The summed E-state index contributed by atoms with van der Waals surface area (Å²) in [6.07, 6.45) is 1.15. The summed E-state index contributed by atoms with van der Waals surface area (Å²) in [7, 11) is 0. The Balaban J connectivity index is -0.000000105. The highest BCUT2D eigenvalue weighted by Crippen LogP contribution is 2.10. The smallest absolute Gasteiger partial charge is 0.0305 e. The summed E-state index contributed by atoms with van der Waals surface area (Å²) in [5.74, 6) is 0. The van der Waals surface area contributed by atoms with Crippen LogP contribution in [0.3, 0.4) is 0 Å². The van der Waals surface area contributed by atoms with E-state index in [4.69, 9.17) is 0 Å². The third-order valence-corrected chi connectivity index (χ3v) is 1.89. The van der Waals surface area contributed by atoms with Gasteiger partial charge < -0.3 is 0 Å². The molecule has 0 bridgehead atoms. The van der Waals surface area contributed by atoms with Gasteiger partial charge in [-0.1, -0.05) is 86.1 Å². The Hall–Kier alpha value is -0.780. The summed E-state index contributed by atoms with van der Waals surface area (Å²) in [5.41, 5.74) is 4.25. The van der Waals surface area contributed by atoms with E-state index in [1.54, 1.807) is 0 Å². The minimum Gasteiger partial charge on any atom is -0.0683 e. The second-order valence-corrected chi connectivity index (χ2v) is 2.78. The van der Waals surface area contributed by atoms with Crippen molar-refractivity contribution in [3.63, 3.8) is 0 Å². The maximum Gasteiger partial charge on any atom is -0.0305 e. The lowest BCUT2D eigenvalue weighted by Gasteiger charge is -2.02. The van der Waals surface area contributed by atoms with Gasteiger partial charge in [0.15, 0.2) is 0 Å². The normalized spacial score (nSPS) is 6.83. The zero-order chi connectivity index (χ0) is 15.6. The molecule has 0 radical (unpaired) electrons. The molecule has 0 saturated heterocycles. The van der Waals surface area contributed by atoms with E-state index in [-0.39, 0.29) is 0 Å². The molecule has 0 amide bonds. The Morgan fingerprint density at radius 1 is 0.722 bits per heavy atom. The Kier molecular flexibility index (Phi) is 36.2. The summed E-state index contributed by atoms with van der Waals surface area (Å²) in [6.45, 7) is 22.5. The molecule has 0 nitrogen and oxygen atoms in total. The Labute approximate surface area is 118 Å². The van der Waals surface area contributed by atoms with Crippen LogP contribution in [0.2, 0.25) is 0 Å². The van der Waals surface area contributed by atoms with Crippen molar-refractivity contribution in [3.05, 3.63) is 34.9 Å². The molecule has 0 heterocycles. The van der Waals surface area contributed by atoms with Crippen LogP contribution in [0.15, 0.2) is 18.2 Å². The molecule has 1 aromatic carbocycles. The lowest BCUT2D eigenvalue weighted by molar-refractivity contribution is 1.10. The van der Waals surface area contributed by atoms with Crippen molar-refractivity contribution in [2.24, 2.45) is 0 Å². The number of aryl methyl sites for hydroxylation is 3. The third-order valence-electron chi connectivity index (χ3n) is 1.89. The minimum atomic E-state index is 1.15. The molecule has 0 aliphatic rings. The SMILES string of the molecule is CC.CC.CC.CC.CCc1cc(C)ccc1C. The maximum absolute atomic E-state index is 2.26. The minimum absolute atomic E-state index is 1.15. The first-order chi connectivity index (χ1) is 8.74. The van der Waals surface area contributed by atoms with E-state index in [2.05, 4.69) is 39.0 Å². The zero-order valence-electron chi connectivity index (χ0n) is 14.9. The predicted molar refractivity (Wildman–Crippen MR) is 90.7 cm³/mol. The third kappa shape index (κ3) is 15.2. The molecule has 1 rings (SSSR count). The van der Waals surface area contributed by atoms with Gasteiger partial charge >= 0.3 is 0 Å². The Morgan fingerprint density at radius 2 is 1.11 bits per heavy atom. The quantitative estimate of drug-likeness (QED) is 0.507. The first-order valence-electron chi connectivity index (χ1n) is 7.80. The molecule has 18 heavy (non-hydrogen) atoms. The summed E-state index contributed by atoms with van der Waals surface area (Å²) in [6, 6.07) is 6.61. The first-order valence-corrected chi connectivity index (χ1v) is 7.80. The van der Waals surface area contributed by atoms with Crippen molar-refractivity contribution >= 4 is 0 Å². The fourth-order valence-electron chi connectivity index (χ4n) is 1.18. The van der Waals surface area contributed by atoms with Gasteiger partial charge in [-0.3, -0.25) is 0 Å². The van der Waals surface area contributed by atoms with Crippen molar-refractivity contribution in [2.45, 2.75) is 82.6 Å². The second kappa shape index (κ2) is 25.2. The van der Waals surface area contributed by atoms with E-state index >= 15 is 0 Å². The highest BCUT2D eigenvalue weighted by Gasteiger charge is 1.93. The lowest BCUT2D eigenvalue weighted by atomic mass is 10.0. The number of hydrogen-bond donors (Lipinski definition) is 0. The molecule has 0 N–H and O–H groups in total. The Morgan fingerprint density at radius 3 is 1.39 bits per heavy atom. The number of hydrogen-bond acceptors (Lipinski definition) is 0. The lowest BCUT2D eigenvalue weighted by Crippen LogP contribution is -1.86. The molecule has 0 saturated carbocycles. The van der Waals surface area contributed by atoms with E-state index in [1.807, 2.05) is 55.4 Å². The summed E-state index contributed by atoms with van der Waals surface area (Å²) >= 11 is 0. The van der Waals surface area contributed by atoms with Crippen LogP contribution in [-0.4, -0.2) is 0 Å². The summed E-state index contributed by atoms with van der Waals surface area (Å²) in [4.78, 5) is 0. The highest BCUT2D eigenvalue weighted by atomic mass is 14.0. The molecule has 0 unspecified atom stereocenters. The largest absolute Gasteiger partial charge is 0.0683 e. The molecule has 0 fully saturated rings. The van der Waals surface area contributed by atoms with Gasteiger partial charge in [0.05, 0.1) is 0 Å². The number of benzene rings is 1. The molecule has 0 aliphatic heterocycles. The molecule has 1 aromatic rings. The van der Waals surface area contributed by atoms with Gasteiger partial charge in [0.1, 0.15) is 0 Å². The van der Waals surface area contributed by atoms with Crippen LogP contribution < -0.4 is 0 Å². The highest BCUT2D eigenvalue weighted by molar-refractivity contribution is 5.30. The van der Waals surface area contributed by atoms with Crippen LogP contribution in [0.1, 0.15) is 79.0 Å². The molecule has 0 atom stereocenters. The molecular weight excluding hydrogens is 216 g/mol. The van der Waals surface area contributed by atoms with Gasteiger partial charge in [-0.05, 0) is 31.4 Å². The predicted octanol–water partition coefficient (Wildman–Crippen LogP) is 6.97. The van der Waals surface area contributed by atoms with E-state index in [1.165, 1.54) is 16.7 Å². The van der Waals surface area contributed by atoms with Crippen molar-refractivity contribution < 1.29 is 0 Å². The van der Waals surface area contributed by atoms with Crippen molar-refractivity contribution in [3.8, 4) is 0 Å². The molecular formula is C18H38. The number of rotatable bonds is 1. The van der Waals surface area contributed by atoms with Crippen molar-refractivity contribution in [1.82, 2.24) is 0 Å². The van der Waals surface area contributed by atoms with Crippen LogP contribution >= 0.6 is 0 Å². The zero-order valence-corrected chi connectivity index (χ0v) is 14.9. The van der Waals surface area contributed by atoms with Crippen LogP contribution in [0, 0.1) is 13.8 Å². The van der Waals surface area contributed by atoms with E-state index in [9.17, 15) is 0 Å². The Bertz CT molecular complexity index is 223. The average Bonchev–Trinajstić information content (AvgIpc) is 2.50. The van der Waals surface area contributed by atoms with Gasteiger partial charge in [0.2, 0.25) is 0 Å². The first kappa shape index (κ1) is 25.9. The summed E-state index contributed by atoms with van der Waals surface area (Å²) < 4.78 is 0. The topological polar surface area (TPSA) is 0 Å². The van der Waals surface area contributed by atoms with Crippen LogP contribution in [-0.2, 0) is 6.42 Å². The van der Waals surface area contributed by atoms with Gasteiger partial charge in [-0.15, -0.1) is 0 Å². The van der Waals surface area contributed by atoms with Gasteiger partial charge in [-0.25, -0.2) is 0 Å². The molecule has 0 heteroatoms. The van der Waals surface area contributed by atoms with Crippen molar-refractivity contribution in [1.29, 1.82) is 0 Å². The van der Waals surface area contributed by atoms with E-state index < -0.39 is 0 Å². The van der Waals surface area contributed by atoms with Crippen LogP contribution in [0.25, 0.3) is 0 Å². The molecule has 0 aromatic heterocycles. The van der Waals surface area contributed by atoms with Gasteiger partial charge in [-0.2, -0.15) is 0 Å². The van der Waals surface area contributed by atoms with Crippen LogP contribution in [0.5, 0.6) is 0 Å². The van der Waals surface area contributed by atoms with Crippen molar-refractivity contribution in [2.75, 3.05) is 0 Å². The summed E-state index contributed by atoms with van der Waals surface area (Å²) in [5, 5.41) is 0. The second-order valence-electron chi connectivity index (χ2n) is 2.78.